The molecule has 146 valence electrons. The predicted octanol–water partition coefficient (Wildman–Crippen LogP) is 4.08. The van der Waals surface area contributed by atoms with Gasteiger partial charge in [-0.3, -0.25) is 14.4 Å². The molecule has 2 atom stereocenters. The summed E-state index contributed by atoms with van der Waals surface area (Å²) >= 11 is 0. The molecule has 0 heterocycles. The highest BCUT2D eigenvalue weighted by molar-refractivity contribution is 6.04. The fraction of sp³-hybridized carbons (Fsp3) is 0.318. The van der Waals surface area contributed by atoms with E-state index in [9.17, 15) is 19.5 Å². The first kappa shape index (κ1) is 19.6. The molecule has 0 bridgehead atoms. The number of benzene rings is 2. The number of rotatable bonds is 5. The van der Waals surface area contributed by atoms with Crippen LogP contribution in [0.2, 0.25) is 0 Å². The molecule has 0 radical (unpaired) electrons. The third-order valence-corrected chi connectivity index (χ3v) is 5.14. The molecule has 28 heavy (non-hydrogen) atoms. The molecule has 6 nitrogen and oxygen atoms in total. The molecule has 0 saturated heterocycles. The van der Waals surface area contributed by atoms with E-state index in [4.69, 9.17) is 0 Å². The number of amides is 2. The zero-order valence-corrected chi connectivity index (χ0v) is 15.8. The maximum Gasteiger partial charge on any atom is 0.307 e. The van der Waals surface area contributed by atoms with Crippen LogP contribution in [-0.4, -0.2) is 22.9 Å². The number of anilines is 2. The van der Waals surface area contributed by atoms with Gasteiger partial charge in [-0.2, -0.15) is 0 Å². The summed E-state index contributed by atoms with van der Waals surface area (Å²) in [4.78, 5) is 36.2. The van der Waals surface area contributed by atoms with Crippen LogP contribution in [0.1, 0.15) is 41.6 Å². The van der Waals surface area contributed by atoms with Gasteiger partial charge in [-0.15, -0.1) is 0 Å². The second-order valence-corrected chi connectivity index (χ2v) is 7.22. The van der Waals surface area contributed by atoms with E-state index < -0.39 is 17.8 Å². The van der Waals surface area contributed by atoms with Crippen LogP contribution < -0.4 is 10.6 Å². The Morgan fingerprint density at radius 3 is 1.96 bits per heavy atom. The SMILES string of the molecule is Cc1ccc(NC(=O)c2ccc(NC(=O)[C@@H]3CCCC[C@H]3C(=O)O)cc2)cc1. The molecular weight excluding hydrogens is 356 g/mol. The van der Waals surface area contributed by atoms with Crippen LogP contribution in [0.15, 0.2) is 48.5 Å². The van der Waals surface area contributed by atoms with E-state index in [1.807, 2.05) is 31.2 Å². The lowest BCUT2D eigenvalue weighted by molar-refractivity contribution is -0.147. The number of aliphatic carboxylic acids is 1. The average Bonchev–Trinajstić information content (AvgIpc) is 2.70. The third-order valence-electron chi connectivity index (χ3n) is 5.14. The van der Waals surface area contributed by atoms with Crippen LogP contribution in [-0.2, 0) is 9.59 Å². The summed E-state index contributed by atoms with van der Waals surface area (Å²) in [6.45, 7) is 1.98. The maximum atomic E-state index is 12.5. The Bertz CT molecular complexity index is 859. The number of carboxylic acid groups (broad SMARTS) is 1. The van der Waals surface area contributed by atoms with Gasteiger partial charge in [0.25, 0.3) is 5.91 Å². The topological polar surface area (TPSA) is 95.5 Å². The minimum Gasteiger partial charge on any atom is -0.481 e. The predicted molar refractivity (Wildman–Crippen MR) is 107 cm³/mol. The Morgan fingerprint density at radius 2 is 1.36 bits per heavy atom. The largest absolute Gasteiger partial charge is 0.481 e. The van der Waals surface area contributed by atoms with Gasteiger partial charge in [-0.1, -0.05) is 30.5 Å². The Labute approximate surface area is 164 Å². The lowest BCUT2D eigenvalue weighted by atomic mass is 9.78. The van der Waals surface area contributed by atoms with Gasteiger partial charge in [0.15, 0.2) is 0 Å². The second-order valence-electron chi connectivity index (χ2n) is 7.22. The highest BCUT2D eigenvalue weighted by Gasteiger charge is 2.35. The van der Waals surface area contributed by atoms with Gasteiger partial charge in [0.1, 0.15) is 0 Å². The van der Waals surface area contributed by atoms with Gasteiger partial charge in [-0.25, -0.2) is 0 Å². The molecule has 1 fully saturated rings. The standard InChI is InChI=1S/C22H24N2O4/c1-14-6-10-16(11-7-14)23-20(25)15-8-12-17(13-9-15)24-21(26)18-4-2-3-5-19(18)22(27)28/h6-13,18-19H,2-5H2,1H3,(H,23,25)(H,24,26)(H,27,28)/t18-,19-/m1/s1. The number of hydrogen-bond acceptors (Lipinski definition) is 3. The Morgan fingerprint density at radius 1 is 0.821 bits per heavy atom. The molecule has 0 aliphatic heterocycles. The van der Waals surface area contributed by atoms with Crippen LogP contribution in [0, 0.1) is 18.8 Å². The van der Waals surface area contributed by atoms with Gasteiger partial charge in [0.2, 0.25) is 5.91 Å². The second kappa shape index (κ2) is 8.69. The Balaban J connectivity index is 1.62. The van der Waals surface area contributed by atoms with Gasteiger partial charge >= 0.3 is 5.97 Å². The third kappa shape index (κ3) is 4.76. The van der Waals surface area contributed by atoms with E-state index in [0.717, 1.165) is 18.4 Å². The van der Waals surface area contributed by atoms with Crippen LogP contribution >= 0.6 is 0 Å². The maximum absolute atomic E-state index is 12.5. The van der Waals surface area contributed by atoms with Crippen molar-refractivity contribution in [3.05, 3.63) is 59.7 Å². The highest BCUT2D eigenvalue weighted by atomic mass is 16.4. The van der Waals surface area contributed by atoms with Crippen molar-refractivity contribution >= 4 is 29.2 Å². The first-order valence-electron chi connectivity index (χ1n) is 9.46. The van der Waals surface area contributed by atoms with Crippen molar-refractivity contribution in [2.75, 3.05) is 10.6 Å². The van der Waals surface area contributed by atoms with Crippen molar-refractivity contribution in [1.82, 2.24) is 0 Å². The molecule has 0 unspecified atom stereocenters. The molecule has 2 amide bonds. The minimum absolute atomic E-state index is 0.236. The Hall–Kier alpha value is -3.15. The van der Waals surface area contributed by atoms with Crippen molar-refractivity contribution in [3.63, 3.8) is 0 Å². The zero-order chi connectivity index (χ0) is 20.1. The van der Waals surface area contributed by atoms with E-state index in [2.05, 4.69) is 10.6 Å². The average molecular weight is 380 g/mol. The minimum atomic E-state index is -0.914. The molecule has 1 saturated carbocycles. The summed E-state index contributed by atoms with van der Waals surface area (Å²) < 4.78 is 0. The summed E-state index contributed by atoms with van der Waals surface area (Å²) in [5.41, 5.74) is 2.84. The van der Waals surface area contributed by atoms with Gasteiger partial charge < -0.3 is 15.7 Å². The number of carbonyl (C=O) groups is 3. The molecule has 6 heteroatoms. The number of nitrogens with one attached hydrogen (secondary N) is 2. The lowest BCUT2D eigenvalue weighted by Gasteiger charge is -2.27. The molecule has 1 aliphatic carbocycles. The van der Waals surface area contributed by atoms with Crippen LogP contribution in [0.4, 0.5) is 11.4 Å². The van der Waals surface area contributed by atoms with Crippen molar-refractivity contribution in [2.24, 2.45) is 11.8 Å². The van der Waals surface area contributed by atoms with E-state index in [1.165, 1.54) is 0 Å². The van der Waals surface area contributed by atoms with Gasteiger partial charge in [0.05, 0.1) is 11.8 Å². The monoisotopic (exact) mass is 380 g/mol. The fourth-order valence-corrected chi connectivity index (χ4v) is 3.52. The molecular formula is C22H24N2O4. The summed E-state index contributed by atoms with van der Waals surface area (Å²) in [6.07, 6.45) is 2.82. The van der Waals surface area contributed by atoms with Gasteiger partial charge in [0, 0.05) is 16.9 Å². The number of carbonyl (C=O) groups excluding carboxylic acids is 2. The van der Waals surface area contributed by atoms with Crippen LogP contribution in [0.3, 0.4) is 0 Å². The molecule has 0 spiro atoms. The van der Waals surface area contributed by atoms with Crippen LogP contribution in [0.5, 0.6) is 0 Å². The van der Waals surface area contributed by atoms with Gasteiger partial charge in [-0.05, 0) is 56.2 Å². The summed E-state index contributed by atoms with van der Waals surface area (Å²) in [5.74, 6) is -2.57. The Kier molecular flexibility index (Phi) is 6.09. The summed E-state index contributed by atoms with van der Waals surface area (Å²) in [6, 6.07) is 14.1. The van der Waals surface area contributed by atoms with E-state index in [1.54, 1.807) is 24.3 Å². The van der Waals surface area contributed by atoms with Crippen molar-refractivity contribution < 1.29 is 19.5 Å². The summed E-state index contributed by atoms with van der Waals surface area (Å²) in [7, 11) is 0. The first-order chi connectivity index (χ1) is 13.4. The smallest absolute Gasteiger partial charge is 0.307 e. The lowest BCUT2D eigenvalue weighted by Crippen LogP contribution is -2.36. The highest BCUT2D eigenvalue weighted by Crippen LogP contribution is 2.31. The number of hydrogen-bond donors (Lipinski definition) is 3. The molecule has 2 aromatic rings. The quantitative estimate of drug-likeness (QED) is 0.728. The molecule has 0 aromatic heterocycles. The van der Waals surface area contributed by atoms with E-state index in [0.29, 0.717) is 29.8 Å². The number of carboxylic acids is 1. The van der Waals surface area contributed by atoms with Crippen LogP contribution in [0.25, 0.3) is 0 Å². The molecule has 1 aliphatic rings. The summed E-state index contributed by atoms with van der Waals surface area (Å²) in [5, 5.41) is 14.9. The number of aryl methyl sites for hydroxylation is 1. The molecule has 3 rings (SSSR count). The van der Waals surface area contributed by atoms with Crippen molar-refractivity contribution in [1.29, 1.82) is 0 Å². The normalized spacial score (nSPS) is 18.9. The zero-order valence-electron chi connectivity index (χ0n) is 15.8. The molecule has 2 aromatic carbocycles. The van der Waals surface area contributed by atoms with Crippen molar-refractivity contribution in [2.45, 2.75) is 32.6 Å². The van der Waals surface area contributed by atoms with E-state index in [-0.39, 0.29) is 11.8 Å². The first-order valence-corrected chi connectivity index (χ1v) is 9.46. The molecule has 3 N–H and O–H groups in total. The van der Waals surface area contributed by atoms with Crippen molar-refractivity contribution in [3.8, 4) is 0 Å². The fourth-order valence-electron chi connectivity index (χ4n) is 3.52. The van der Waals surface area contributed by atoms with E-state index >= 15 is 0 Å².